The molecule has 2 atom stereocenters. The molecule has 0 amide bonds. The van der Waals surface area contributed by atoms with Gasteiger partial charge in [0.15, 0.2) is 5.69 Å². The van der Waals surface area contributed by atoms with Gasteiger partial charge in [-0.15, -0.1) is 0 Å². The van der Waals surface area contributed by atoms with Gasteiger partial charge in [-0.05, 0) is 37.3 Å². The molecule has 0 aliphatic heterocycles. The fourth-order valence-electron chi connectivity index (χ4n) is 2.18. The molecule has 0 bridgehead atoms. The summed E-state index contributed by atoms with van der Waals surface area (Å²) in [6, 6.07) is 5.48. The van der Waals surface area contributed by atoms with Gasteiger partial charge in [0.2, 0.25) is 0 Å². The van der Waals surface area contributed by atoms with Crippen molar-refractivity contribution in [3.8, 4) is 0 Å². The maximum Gasteiger partial charge on any atom is 0.354 e. The van der Waals surface area contributed by atoms with Crippen LogP contribution in [0.25, 0.3) is 0 Å². The molecule has 2 rings (SSSR count). The van der Waals surface area contributed by atoms with E-state index in [4.69, 9.17) is 5.11 Å². The van der Waals surface area contributed by atoms with Crippen molar-refractivity contribution in [1.29, 1.82) is 0 Å². The molecule has 0 aromatic carbocycles. The van der Waals surface area contributed by atoms with E-state index in [2.05, 4.69) is 17.2 Å². The summed E-state index contributed by atoms with van der Waals surface area (Å²) in [5.74, 6) is 0.433. The van der Waals surface area contributed by atoms with E-state index in [0.29, 0.717) is 11.9 Å². The molecule has 4 nitrogen and oxygen atoms in total. The average molecular weight is 220 g/mol. The number of aromatic carboxylic acids is 1. The molecule has 0 saturated heterocycles. The molecule has 1 heterocycles. The summed E-state index contributed by atoms with van der Waals surface area (Å²) in [6.45, 7) is 2.24. The Morgan fingerprint density at radius 2 is 2.31 bits per heavy atom. The normalized spacial score (nSPS) is 24.3. The van der Waals surface area contributed by atoms with Crippen LogP contribution in [0.3, 0.4) is 0 Å². The van der Waals surface area contributed by atoms with E-state index in [0.717, 1.165) is 18.8 Å². The van der Waals surface area contributed by atoms with Crippen molar-refractivity contribution in [2.75, 3.05) is 5.32 Å². The van der Waals surface area contributed by atoms with E-state index < -0.39 is 5.97 Å². The molecular weight excluding hydrogens is 204 g/mol. The number of hydrogen-bond donors (Lipinski definition) is 2. The van der Waals surface area contributed by atoms with E-state index in [1.54, 1.807) is 6.07 Å². The molecule has 1 aliphatic carbocycles. The van der Waals surface area contributed by atoms with Crippen LogP contribution in [0.15, 0.2) is 18.2 Å². The van der Waals surface area contributed by atoms with Gasteiger partial charge in [-0.3, -0.25) is 0 Å². The number of rotatable bonds is 3. The molecule has 2 N–H and O–H groups in total. The molecule has 2 unspecified atom stereocenters. The zero-order valence-electron chi connectivity index (χ0n) is 9.31. The monoisotopic (exact) mass is 220 g/mol. The van der Waals surface area contributed by atoms with Crippen LogP contribution in [0.4, 0.5) is 5.82 Å². The van der Waals surface area contributed by atoms with Crippen molar-refractivity contribution in [2.45, 2.75) is 32.2 Å². The summed E-state index contributed by atoms with van der Waals surface area (Å²) in [7, 11) is 0. The van der Waals surface area contributed by atoms with E-state index in [-0.39, 0.29) is 5.69 Å². The smallest absolute Gasteiger partial charge is 0.354 e. The number of nitrogens with zero attached hydrogens (tertiary/aromatic N) is 1. The first-order valence-corrected chi connectivity index (χ1v) is 5.62. The number of hydrogen-bond acceptors (Lipinski definition) is 3. The first-order chi connectivity index (χ1) is 7.65. The van der Waals surface area contributed by atoms with E-state index in [1.165, 1.54) is 12.5 Å². The van der Waals surface area contributed by atoms with Crippen molar-refractivity contribution in [3.05, 3.63) is 23.9 Å². The number of pyridine rings is 1. The van der Waals surface area contributed by atoms with Gasteiger partial charge in [0.1, 0.15) is 5.82 Å². The lowest BCUT2D eigenvalue weighted by Crippen LogP contribution is -2.17. The average Bonchev–Trinajstić information content (AvgIpc) is 2.64. The first-order valence-electron chi connectivity index (χ1n) is 5.62. The standard InChI is InChI=1S/C12H16N2O2/c1-8-5-6-9(7-8)13-11-4-2-3-10(14-11)12(15)16/h2-4,8-9H,5-7H2,1H3,(H,13,14)(H,15,16). The number of aromatic nitrogens is 1. The van der Waals surface area contributed by atoms with E-state index in [1.807, 2.05) is 6.07 Å². The number of carboxylic acids is 1. The third-order valence-corrected chi connectivity index (χ3v) is 3.02. The molecule has 4 heteroatoms. The minimum atomic E-state index is -0.983. The molecule has 1 aliphatic rings. The second kappa shape index (κ2) is 4.51. The molecular formula is C12H16N2O2. The van der Waals surface area contributed by atoms with Crippen molar-refractivity contribution in [2.24, 2.45) is 5.92 Å². The predicted molar refractivity (Wildman–Crippen MR) is 61.6 cm³/mol. The summed E-state index contributed by atoms with van der Waals surface area (Å²) in [5.41, 5.74) is 0.0936. The Labute approximate surface area is 94.7 Å². The maximum absolute atomic E-state index is 10.8. The number of nitrogens with one attached hydrogen (secondary N) is 1. The number of carboxylic acid groups (broad SMARTS) is 1. The summed E-state index contributed by atoms with van der Waals surface area (Å²) in [6.07, 6.45) is 3.51. The highest BCUT2D eigenvalue weighted by molar-refractivity contribution is 5.85. The highest BCUT2D eigenvalue weighted by Crippen LogP contribution is 2.26. The van der Waals surface area contributed by atoms with Gasteiger partial charge in [0.25, 0.3) is 0 Å². The minimum Gasteiger partial charge on any atom is -0.477 e. The van der Waals surface area contributed by atoms with Gasteiger partial charge in [-0.2, -0.15) is 0 Å². The molecule has 1 fully saturated rings. The van der Waals surface area contributed by atoms with Crippen LogP contribution in [-0.2, 0) is 0 Å². The van der Waals surface area contributed by atoms with Crippen LogP contribution >= 0.6 is 0 Å². The van der Waals surface area contributed by atoms with Gasteiger partial charge in [-0.1, -0.05) is 13.0 Å². The molecule has 16 heavy (non-hydrogen) atoms. The first kappa shape index (κ1) is 10.9. The Hall–Kier alpha value is -1.58. The zero-order chi connectivity index (χ0) is 11.5. The lowest BCUT2D eigenvalue weighted by molar-refractivity contribution is 0.0690. The van der Waals surface area contributed by atoms with Gasteiger partial charge in [-0.25, -0.2) is 9.78 Å². The lowest BCUT2D eigenvalue weighted by atomic mass is 10.1. The molecule has 0 radical (unpaired) electrons. The highest BCUT2D eigenvalue weighted by Gasteiger charge is 2.21. The van der Waals surface area contributed by atoms with Crippen LogP contribution < -0.4 is 5.32 Å². The topological polar surface area (TPSA) is 62.2 Å². The van der Waals surface area contributed by atoms with Crippen LogP contribution in [0, 0.1) is 5.92 Å². The summed E-state index contributed by atoms with van der Waals surface area (Å²) >= 11 is 0. The van der Waals surface area contributed by atoms with Crippen LogP contribution in [0.2, 0.25) is 0 Å². The predicted octanol–water partition coefficient (Wildman–Crippen LogP) is 2.38. The summed E-state index contributed by atoms with van der Waals surface area (Å²) < 4.78 is 0. The fourth-order valence-corrected chi connectivity index (χ4v) is 2.18. The molecule has 86 valence electrons. The molecule has 1 aromatic rings. The van der Waals surface area contributed by atoms with Crippen LogP contribution in [0.1, 0.15) is 36.7 Å². The van der Waals surface area contributed by atoms with E-state index in [9.17, 15) is 4.79 Å². The highest BCUT2D eigenvalue weighted by atomic mass is 16.4. The van der Waals surface area contributed by atoms with Gasteiger partial charge in [0, 0.05) is 6.04 Å². The Morgan fingerprint density at radius 1 is 1.50 bits per heavy atom. The molecule has 0 spiro atoms. The molecule has 1 saturated carbocycles. The van der Waals surface area contributed by atoms with Crippen molar-refractivity contribution in [1.82, 2.24) is 4.98 Å². The summed E-state index contributed by atoms with van der Waals surface area (Å²) in [5, 5.41) is 12.1. The third kappa shape index (κ3) is 2.51. The Kier molecular flexibility index (Phi) is 3.08. The maximum atomic E-state index is 10.8. The summed E-state index contributed by atoms with van der Waals surface area (Å²) in [4.78, 5) is 14.8. The van der Waals surface area contributed by atoms with Crippen LogP contribution in [-0.4, -0.2) is 22.1 Å². The van der Waals surface area contributed by atoms with Crippen molar-refractivity contribution >= 4 is 11.8 Å². The quantitative estimate of drug-likeness (QED) is 0.821. The number of anilines is 1. The van der Waals surface area contributed by atoms with Crippen LogP contribution in [0.5, 0.6) is 0 Å². The minimum absolute atomic E-state index is 0.0936. The second-order valence-corrected chi connectivity index (χ2v) is 4.47. The van der Waals surface area contributed by atoms with Gasteiger partial charge < -0.3 is 10.4 Å². The second-order valence-electron chi connectivity index (χ2n) is 4.47. The SMILES string of the molecule is CC1CCC(Nc2cccc(C(=O)O)n2)C1. The Morgan fingerprint density at radius 3 is 2.94 bits per heavy atom. The largest absolute Gasteiger partial charge is 0.477 e. The fraction of sp³-hybridized carbons (Fsp3) is 0.500. The number of carbonyl (C=O) groups is 1. The Balaban J connectivity index is 2.04. The Bertz CT molecular complexity index is 392. The molecule has 1 aromatic heterocycles. The van der Waals surface area contributed by atoms with Gasteiger partial charge >= 0.3 is 5.97 Å². The van der Waals surface area contributed by atoms with Crippen molar-refractivity contribution < 1.29 is 9.90 Å². The van der Waals surface area contributed by atoms with Gasteiger partial charge in [0.05, 0.1) is 0 Å². The van der Waals surface area contributed by atoms with Crippen molar-refractivity contribution in [3.63, 3.8) is 0 Å². The van der Waals surface area contributed by atoms with E-state index >= 15 is 0 Å². The lowest BCUT2D eigenvalue weighted by Gasteiger charge is -2.13. The zero-order valence-corrected chi connectivity index (χ0v) is 9.31. The third-order valence-electron chi connectivity index (χ3n) is 3.02.